The molecule has 1 amide bonds. The quantitative estimate of drug-likeness (QED) is 0.445. The molecule has 0 unspecified atom stereocenters. The summed E-state index contributed by atoms with van der Waals surface area (Å²) in [6, 6.07) is 22.5. The van der Waals surface area contributed by atoms with Crippen molar-refractivity contribution in [3.8, 4) is 22.5 Å². The van der Waals surface area contributed by atoms with E-state index in [-0.39, 0.29) is 12.3 Å². The van der Waals surface area contributed by atoms with Gasteiger partial charge in [0, 0.05) is 24.1 Å². The van der Waals surface area contributed by atoms with Gasteiger partial charge in [0.15, 0.2) is 0 Å². The summed E-state index contributed by atoms with van der Waals surface area (Å²) in [6.07, 6.45) is 1.63. The van der Waals surface area contributed by atoms with E-state index in [9.17, 15) is 4.79 Å². The van der Waals surface area contributed by atoms with Crippen molar-refractivity contribution in [2.24, 2.45) is 0 Å². The Morgan fingerprint density at radius 1 is 1.00 bits per heavy atom. The zero-order chi connectivity index (χ0) is 20.5. The topological polar surface area (TPSA) is 68.0 Å². The van der Waals surface area contributed by atoms with E-state index < -0.39 is 0 Å². The molecule has 0 atom stereocenters. The predicted octanol–water partition coefficient (Wildman–Crippen LogP) is 5.19. The van der Waals surface area contributed by atoms with Crippen molar-refractivity contribution in [1.29, 1.82) is 0 Å². The number of aromatic nitrogens is 2. The van der Waals surface area contributed by atoms with Gasteiger partial charge in [0.05, 0.1) is 0 Å². The molecular formula is C25H21N3O2. The molecule has 1 N–H and O–H groups in total. The maximum atomic E-state index is 12.4. The maximum Gasteiger partial charge on any atom is 0.227 e. The lowest BCUT2D eigenvalue weighted by Crippen LogP contribution is -2.12. The molecule has 1 aliphatic carbocycles. The third kappa shape index (κ3) is 3.62. The number of benzene rings is 3. The highest BCUT2D eigenvalue weighted by Gasteiger charge is 2.18. The Hall–Kier alpha value is -3.73. The minimum atomic E-state index is -0.0729. The van der Waals surface area contributed by atoms with Gasteiger partial charge in [0.1, 0.15) is 0 Å². The van der Waals surface area contributed by atoms with Crippen LogP contribution in [0.25, 0.3) is 22.5 Å². The molecule has 0 saturated heterocycles. The van der Waals surface area contributed by atoms with Gasteiger partial charge in [-0.15, -0.1) is 0 Å². The smallest absolute Gasteiger partial charge is 0.227 e. The van der Waals surface area contributed by atoms with Gasteiger partial charge in [-0.25, -0.2) is 0 Å². The molecule has 0 saturated carbocycles. The molecule has 0 spiro atoms. The third-order valence-corrected chi connectivity index (χ3v) is 5.43. The zero-order valence-corrected chi connectivity index (χ0v) is 16.7. The second-order valence-corrected chi connectivity index (χ2v) is 7.63. The Balaban J connectivity index is 1.22. The van der Waals surface area contributed by atoms with Crippen LogP contribution in [0, 0.1) is 6.92 Å². The standard InChI is InChI=1S/C25H21N3O2/c1-16-6-8-17(9-7-16)25-27-24(30-28-25)13-12-23(29)26-20-11-10-19-14-18-4-2-3-5-21(18)22(19)15-20/h2-11,15H,12-14H2,1H3,(H,26,29). The first-order chi connectivity index (χ1) is 14.7. The first kappa shape index (κ1) is 18.3. The molecule has 148 valence electrons. The van der Waals surface area contributed by atoms with Crippen LogP contribution >= 0.6 is 0 Å². The van der Waals surface area contributed by atoms with E-state index in [1.165, 1.54) is 27.8 Å². The fraction of sp³-hybridized carbons (Fsp3) is 0.160. The van der Waals surface area contributed by atoms with Gasteiger partial charge in [-0.2, -0.15) is 4.98 Å². The van der Waals surface area contributed by atoms with Crippen LogP contribution in [0.1, 0.15) is 29.0 Å². The molecular weight excluding hydrogens is 374 g/mol. The number of nitrogens with one attached hydrogen (secondary N) is 1. The van der Waals surface area contributed by atoms with Crippen LogP contribution in [0.4, 0.5) is 5.69 Å². The van der Waals surface area contributed by atoms with Gasteiger partial charge in [0.2, 0.25) is 17.6 Å². The molecule has 1 aliphatic rings. The van der Waals surface area contributed by atoms with Crippen molar-refractivity contribution < 1.29 is 9.32 Å². The van der Waals surface area contributed by atoms with Crippen LogP contribution in [0.15, 0.2) is 71.3 Å². The zero-order valence-electron chi connectivity index (χ0n) is 16.7. The Labute approximate surface area is 174 Å². The molecule has 1 heterocycles. The lowest BCUT2D eigenvalue weighted by molar-refractivity contribution is -0.116. The SMILES string of the molecule is Cc1ccc(-c2noc(CCC(=O)Nc3ccc4c(c3)-c3ccccc3C4)n2)cc1. The van der Waals surface area contributed by atoms with Crippen LogP contribution in [0.3, 0.4) is 0 Å². The van der Waals surface area contributed by atoms with Crippen molar-refractivity contribution in [1.82, 2.24) is 10.1 Å². The number of carbonyl (C=O) groups excluding carboxylic acids is 1. The van der Waals surface area contributed by atoms with Gasteiger partial charge >= 0.3 is 0 Å². The summed E-state index contributed by atoms with van der Waals surface area (Å²) in [5, 5.41) is 7.01. The number of amides is 1. The summed E-state index contributed by atoms with van der Waals surface area (Å²) >= 11 is 0. The molecule has 5 nitrogen and oxygen atoms in total. The van der Waals surface area contributed by atoms with Crippen LogP contribution in [-0.4, -0.2) is 16.0 Å². The number of nitrogens with zero attached hydrogens (tertiary/aromatic N) is 2. The van der Waals surface area contributed by atoms with Crippen molar-refractivity contribution in [2.75, 3.05) is 5.32 Å². The molecule has 0 aliphatic heterocycles. The minimum Gasteiger partial charge on any atom is -0.339 e. The molecule has 5 rings (SSSR count). The Morgan fingerprint density at radius 3 is 2.67 bits per heavy atom. The number of hydrogen-bond acceptors (Lipinski definition) is 4. The number of carbonyl (C=O) groups is 1. The lowest BCUT2D eigenvalue weighted by Gasteiger charge is -2.07. The van der Waals surface area contributed by atoms with Gasteiger partial charge in [-0.1, -0.05) is 65.3 Å². The maximum absolute atomic E-state index is 12.4. The summed E-state index contributed by atoms with van der Waals surface area (Å²) in [7, 11) is 0. The molecule has 0 radical (unpaired) electrons. The number of fused-ring (bicyclic) bond motifs is 3. The summed E-state index contributed by atoms with van der Waals surface area (Å²) in [5.74, 6) is 0.933. The first-order valence-corrected chi connectivity index (χ1v) is 10.1. The van der Waals surface area contributed by atoms with Crippen LogP contribution in [0.2, 0.25) is 0 Å². The number of aryl methyl sites for hydroxylation is 2. The third-order valence-electron chi connectivity index (χ3n) is 5.43. The van der Waals surface area contributed by atoms with Crippen molar-refractivity contribution in [3.05, 3.63) is 89.3 Å². The van der Waals surface area contributed by atoms with Gasteiger partial charge in [-0.05, 0) is 47.7 Å². The van der Waals surface area contributed by atoms with E-state index in [4.69, 9.17) is 4.52 Å². The van der Waals surface area contributed by atoms with E-state index in [2.05, 4.69) is 51.9 Å². The van der Waals surface area contributed by atoms with Crippen molar-refractivity contribution >= 4 is 11.6 Å². The highest BCUT2D eigenvalue weighted by Crippen LogP contribution is 2.37. The molecule has 4 aromatic rings. The van der Waals surface area contributed by atoms with Crippen LogP contribution in [-0.2, 0) is 17.6 Å². The van der Waals surface area contributed by atoms with Gasteiger partial charge < -0.3 is 9.84 Å². The Morgan fingerprint density at radius 2 is 1.80 bits per heavy atom. The summed E-state index contributed by atoms with van der Waals surface area (Å²) < 4.78 is 5.31. The van der Waals surface area contributed by atoms with E-state index in [0.29, 0.717) is 18.1 Å². The largest absolute Gasteiger partial charge is 0.339 e. The van der Waals surface area contributed by atoms with E-state index in [0.717, 1.165) is 17.7 Å². The Bertz CT molecular complexity index is 1230. The van der Waals surface area contributed by atoms with Crippen molar-refractivity contribution in [2.45, 2.75) is 26.2 Å². The van der Waals surface area contributed by atoms with Crippen molar-refractivity contribution in [3.63, 3.8) is 0 Å². The molecule has 1 aromatic heterocycles. The number of hydrogen-bond donors (Lipinski definition) is 1. The molecule has 0 bridgehead atoms. The van der Waals surface area contributed by atoms with Crippen LogP contribution in [0.5, 0.6) is 0 Å². The molecule has 30 heavy (non-hydrogen) atoms. The minimum absolute atomic E-state index is 0.0729. The predicted molar refractivity (Wildman–Crippen MR) is 116 cm³/mol. The molecule has 3 aromatic carbocycles. The average Bonchev–Trinajstić information content (AvgIpc) is 3.37. The second-order valence-electron chi connectivity index (χ2n) is 7.63. The number of anilines is 1. The lowest BCUT2D eigenvalue weighted by atomic mass is 10.1. The first-order valence-electron chi connectivity index (χ1n) is 10.1. The van der Waals surface area contributed by atoms with Crippen LogP contribution < -0.4 is 5.32 Å². The Kier molecular flexibility index (Phi) is 4.64. The normalized spacial score (nSPS) is 11.8. The molecule has 0 fully saturated rings. The number of rotatable bonds is 5. The summed E-state index contributed by atoms with van der Waals surface area (Å²) in [4.78, 5) is 16.8. The summed E-state index contributed by atoms with van der Waals surface area (Å²) in [5.41, 5.74) is 7.95. The molecule has 5 heteroatoms. The fourth-order valence-electron chi connectivity index (χ4n) is 3.82. The van der Waals surface area contributed by atoms with Gasteiger partial charge in [0.25, 0.3) is 0 Å². The highest BCUT2D eigenvalue weighted by atomic mass is 16.5. The second kappa shape index (κ2) is 7.59. The van der Waals surface area contributed by atoms with E-state index >= 15 is 0 Å². The monoisotopic (exact) mass is 395 g/mol. The summed E-state index contributed by atoms with van der Waals surface area (Å²) in [6.45, 7) is 2.03. The highest BCUT2D eigenvalue weighted by molar-refractivity contribution is 5.92. The average molecular weight is 395 g/mol. The van der Waals surface area contributed by atoms with Gasteiger partial charge in [-0.3, -0.25) is 4.79 Å². The van der Waals surface area contributed by atoms with E-state index in [1.807, 2.05) is 37.3 Å². The fourth-order valence-corrected chi connectivity index (χ4v) is 3.82. The van der Waals surface area contributed by atoms with E-state index in [1.54, 1.807) is 0 Å².